The van der Waals surface area contributed by atoms with Crippen molar-refractivity contribution >= 4 is 0 Å². The van der Waals surface area contributed by atoms with Gasteiger partial charge in [-0.05, 0) is 32.2 Å². The number of β-amino-alcohol motifs (C(OH)–C–C–N with tert-alkyl or cyclic N) is 1. The van der Waals surface area contributed by atoms with Crippen molar-refractivity contribution in [2.75, 3.05) is 39.4 Å². The maximum atomic E-state index is 9.70. The van der Waals surface area contributed by atoms with E-state index in [4.69, 9.17) is 10.2 Å². The van der Waals surface area contributed by atoms with Gasteiger partial charge in [0.2, 0.25) is 0 Å². The Labute approximate surface area is 103 Å². The van der Waals surface area contributed by atoms with Crippen molar-refractivity contribution in [2.45, 2.75) is 31.9 Å². The number of aliphatic hydroxyl groups excluding tert-OH is 3. The van der Waals surface area contributed by atoms with Gasteiger partial charge in [-0.1, -0.05) is 0 Å². The molecule has 17 heavy (non-hydrogen) atoms. The molecule has 0 aliphatic carbocycles. The molecule has 3 unspecified atom stereocenters. The molecule has 1 fully saturated rings. The number of likely N-dealkylation sites (tertiary alicyclic amines) is 1. The van der Waals surface area contributed by atoms with E-state index in [9.17, 15) is 5.11 Å². The van der Waals surface area contributed by atoms with E-state index < -0.39 is 0 Å². The number of rotatable bonds is 7. The van der Waals surface area contributed by atoms with Gasteiger partial charge in [-0.15, -0.1) is 0 Å². The molecule has 1 aliphatic heterocycles. The molecular formula is C12H26N2O3. The predicted molar refractivity (Wildman–Crippen MR) is 66.8 cm³/mol. The summed E-state index contributed by atoms with van der Waals surface area (Å²) in [5.41, 5.74) is 0. The zero-order chi connectivity index (χ0) is 12.7. The minimum Gasteiger partial charge on any atom is -0.396 e. The lowest BCUT2D eigenvalue weighted by Crippen LogP contribution is -2.52. The molecule has 0 saturated carbocycles. The van der Waals surface area contributed by atoms with Crippen LogP contribution in [0, 0.1) is 5.92 Å². The van der Waals surface area contributed by atoms with Crippen LogP contribution in [0.1, 0.15) is 19.8 Å². The molecule has 3 atom stereocenters. The highest BCUT2D eigenvalue weighted by molar-refractivity contribution is 4.85. The van der Waals surface area contributed by atoms with Gasteiger partial charge in [0.1, 0.15) is 0 Å². The van der Waals surface area contributed by atoms with Crippen LogP contribution in [0.25, 0.3) is 0 Å². The summed E-state index contributed by atoms with van der Waals surface area (Å²) in [6.07, 6.45) is 1.42. The number of hydrogen-bond acceptors (Lipinski definition) is 5. The van der Waals surface area contributed by atoms with E-state index in [1.54, 1.807) is 0 Å². The molecule has 1 rings (SSSR count). The van der Waals surface area contributed by atoms with Crippen LogP contribution in [0.5, 0.6) is 0 Å². The van der Waals surface area contributed by atoms with Crippen LogP contribution < -0.4 is 5.32 Å². The fraction of sp³-hybridized carbons (Fsp3) is 1.00. The van der Waals surface area contributed by atoms with Gasteiger partial charge in [0.15, 0.2) is 0 Å². The molecule has 4 N–H and O–H groups in total. The first-order valence-electron chi connectivity index (χ1n) is 6.53. The molecule has 1 saturated heterocycles. The van der Waals surface area contributed by atoms with E-state index in [0.29, 0.717) is 12.6 Å². The van der Waals surface area contributed by atoms with Crippen LogP contribution in [0.2, 0.25) is 0 Å². The summed E-state index contributed by atoms with van der Waals surface area (Å²) in [6, 6.07) is 0.349. The van der Waals surface area contributed by atoms with Crippen LogP contribution in [0.3, 0.4) is 0 Å². The number of nitrogens with zero attached hydrogens (tertiary/aromatic N) is 1. The van der Waals surface area contributed by atoms with Gasteiger partial charge in [-0.25, -0.2) is 0 Å². The third-order valence-electron chi connectivity index (χ3n) is 3.42. The van der Waals surface area contributed by atoms with Gasteiger partial charge in [0, 0.05) is 32.3 Å². The summed E-state index contributed by atoms with van der Waals surface area (Å²) in [4.78, 5) is 2.19. The zero-order valence-electron chi connectivity index (χ0n) is 10.7. The Kier molecular flexibility index (Phi) is 6.99. The first-order valence-corrected chi connectivity index (χ1v) is 6.53. The Balaban J connectivity index is 2.40. The monoisotopic (exact) mass is 246 g/mol. The molecule has 102 valence electrons. The fourth-order valence-electron chi connectivity index (χ4n) is 2.44. The summed E-state index contributed by atoms with van der Waals surface area (Å²) < 4.78 is 0. The summed E-state index contributed by atoms with van der Waals surface area (Å²) in [5, 5.41) is 30.8. The highest BCUT2D eigenvalue weighted by atomic mass is 16.3. The SMILES string of the molecule is CC(O)C1CC(NCCCO)CN(CCO)C1. The Bertz CT molecular complexity index is 202. The molecule has 0 aromatic carbocycles. The fourth-order valence-corrected chi connectivity index (χ4v) is 2.44. The van der Waals surface area contributed by atoms with Gasteiger partial charge in [-0.3, -0.25) is 4.90 Å². The van der Waals surface area contributed by atoms with E-state index in [0.717, 1.165) is 32.5 Å². The van der Waals surface area contributed by atoms with Gasteiger partial charge in [0.25, 0.3) is 0 Å². The molecule has 5 heteroatoms. The number of piperidine rings is 1. The summed E-state index contributed by atoms with van der Waals surface area (Å²) in [7, 11) is 0. The lowest BCUT2D eigenvalue weighted by atomic mass is 9.90. The molecular weight excluding hydrogens is 220 g/mol. The van der Waals surface area contributed by atoms with Crippen LogP contribution in [-0.4, -0.2) is 71.8 Å². The summed E-state index contributed by atoms with van der Waals surface area (Å²) in [6.45, 7) is 5.45. The molecule has 0 amide bonds. The second-order valence-electron chi connectivity index (χ2n) is 4.95. The Morgan fingerprint density at radius 2 is 2.06 bits per heavy atom. The minimum absolute atomic E-state index is 0.163. The number of nitrogens with one attached hydrogen (secondary N) is 1. The third kappa shape index (κ3) is 5.31. The first-order chi connectivity index (χ1) is 8.17. The molecule has 0 spiro atoms. The van der Waals surface area contributed by atoms with E-state index in [1.807, 2.05) is 6.92 Å². The standard InChI is InChI=1S/C12H26N2O3/c1-10(17)11-7-12(13-3-2-5-15)9-14(8-11)4-6-16/h10-13,15-17H,2-9H2,1H3. The van der Waals surface area contributed by atoms with Crippen LogP contribution in [0.4, 0.5) is 0 Å². The van der Waals surface area contributed by atoms with Crippen LogP contribution in [-0.2, 0) is 0 Å². The molecule has 5 nitrogen and oxygen atoms in total. The summed E-state index contributed by atoms with van der Waals surface area (Å²) >= 11 is 0. The lowest BCUT2D eigenvalue weighted by molar-refractivity contribution is 0.0410. The predicted octanol–water partition coefficient (Wildman–Crippen LogP) is -0.978. The van der Waals surface area contributed by atoms with E-state index in [2.05, 4.69) is 10.2 Å². The minimum atomic E-state index is -0.307. The average molecular weight is 246 g/mol. The van der Waals surface area contributed by atoms with Crippen molar-refractivity contribution < 1.29 is 15.3 Å². The quantitative estimate of drug-likeness (QED) is 0.435. The zero-order valence-corrected chi connectivity index (χ0v) is 10.7. The summed E-state index contributed by atoms with van der Waals surface area (Å²) in [5.74, 6) is 0.266. The van der Waals surface area contributed by atoms with E-state index in [1.165, 1.54) is 0 Å². The Hall–Kier alpha value is -0.200. The van der Waals surface area contributed by atoms with Gasteiger partial charge in [0.05, 0.1) is 12.7 Å². The van der Waals surface area contributed by atoms with E-state index in [-0.39, 0.29) is 25.2 Å². The van der Waals surface area contributed by atoms with Crippen molar-refractivity contribution in [1.82, 2.24) is 10.2 Å². The first kappa shape index (κ1) is 14.9. The molecule has 0 radical (unpaired) electrons. The third-order valence-corrected chi connectivity index (χ3v) is 3.42. The van der Waals surface area contributed by atoms with E-state index >= 15 is 0 Å². The van der Waals surface area contributed by atoms with Crippen LogP contribution >= 0.6 is 0 Å². The van der Waals surface area contributed by atoms with Gasteiger partial charge < -0.3 is 20.6 Å². The van der Waals surface area contributed by atoms with Crippen molar-refractivity contribution in [3.05, 3.63) is 0 Å². The molecule has 0 aromatic rings. The lowest BCUT2D eigenvalue weighted by Gasteiger charge is -2.39. The molecule has 1 heterocycles. The van der Waals surface area contributed by atoms with Crippen molar-refractivity contribution in [2.24, 2.45) is 5.92 Å². The maximum absolute atomic E-state index is 9.70. The topological polar surface area (TPSA) is 76.0 Å². The molecule has 0 bridgehead atoms. The highest BCUT2D eigenvalue weighted by Gasteiger charge is 2.29. The normalized spacial score (nSPS) is 28.2. The van der Waals surface area contributed by atoms with Crippen LogP contribution in [0.15, 0.2) is 0 Å². The second-order valence-corrected chi connectivity index (χ2v) is 4.95. The van der Waals surface area contributed by atoms with Gasteiger partial charge >= 0.3 is 0 Å². The second kappa shape index (κ2) is 8.00. The van der Waals surface area contributed by atoms with Crippen molar-refractivity contribution in [3.63, 3.8) is 0 Å². The average Bonchev–Trinajstić information content (AvgIpc) is 2.29. The Morgan fingerprint density at radius 1 is 1.29 bits per heavy atom. The molecule has 1 aliphatic rings. The maximum Gasteiger partial charge on any atom is 0.0558 e. The van der Waals surface area contributed by atoms with Crippen molar-refractivity contribution in [1.29, 1.82) is 0 Å². The number of aliphatic hydroxyl groups is 3. The van der Waals surface area contributed by atoms with Crippen molar-refractivity contribution in [3.8, 4) is 0 Å². The van der Waals surface area contributed by atoms with Gasteiger partial charge in [-0.2, -0.15) is 0 Å². The molecule has 0 aromatic heterocycles. The Morgan fingerprint density at radius 3 is 2.65 bits per heavy atom. The number of hydrogen-bond donors (Lipinski definition) is 4. The smallest absolute Gasteiger partial charge is 0.0558 e. The largest absolute Gasteiger partial charge is 0.396 e. The highest BCUT2D eigenvalue weighted by Crippen LogP contribution is 2.20.